The van der Waals surface area contributed by atoms with Gasteiger partial charge in [0.1, 0.15) is 0 Å². The minimum Gasteiger partial charge on any atom is -0.355 e. The standard InChI is InChI=1S/C15H24N4O/c1-2-6-17-15(20)13-19-10-8-18(9-11-19)12-14-5-3-4-7-16-14/h3-5,7H,2,6,8-13H2,1H3,(H,17,20). The Labute approximate surface area is 121 Å². The molecule has 1 N–H and O–H groups in total. The van der Waals surface area contributed by atoms with Crippen LogP contribution in [-0.4, -0.2) is 60.0 Å². The van der Waals surface area contributed by atoms with Gasteiger partial charge in [0.15, 0.2) is 0 Å². The van der Waals surface area contributed by atoms with E-state index in [1.54, 1.807) is 0 Å². The summed E-state index contributed by atoms with van der Waals surface area (Å²) in [4.78, 5) is 20.6. The highest BCUT2D eigenvalue weighted by Gasteiger charge is 2.18. The van der Waals surface area contributed by atoms with Crippen LogP contribution in [0.3, 0.4) is 0 Å². The van der Waals surface area contributed by atoms with E-state index in [1.807, 2.05) is 18.3 Å². The van der Waals surface area contributed by atoms with Crippen LogP contribution in [0.4, 0.5) is 0 Å². The molecular weight excluding hydrogens is 252 g/mol. The molecule has 0 aromatic carbocycles. The highest BCUT2D eigenvalue weighted by atomic mass is 16.2. The molecule has 0 saturated carbocycles. The largest absolute Gasteiger partial charge is 0.355 e. The number of nitrogens with zero attached hydrogens (tertiary/aromatic N) is 3. The lowest BCUT2D eigenvalue weighted by Crippen LogP contribution is -2.49. The molecule has 110 valence electrons. The van der Waals surface area contributed by atoms with E-state index in [-0.39, 0.29) is 5.91 Å². The molecule has 1 fully saturated rings. The van der Waals surface area contributed by atoms with Crippen molar-refractivity contribution in [3.05, 3.63) is 30.1 Å². The quantitative estimate of drug-likeness (QED) is 0.832. The van der Waals surface area contributed by atoms with Gasteiger partial charge in [-0.3, -0.25) is 19.6 Å². The van der Waals surface area contributed by atoms with Crippen LogP contribution in [0.15, 0.2) is 24.4 Å². The van der Waals surface area contributed by atoms with Crippen molar-refractivity contribution in [1.29, 1.82) is 0 Å². The summed E-state index contributed by atoms with van der Waals surface area (Å²) in [7, 11) is 0. The Morgan fingerprint density at radius 2 is 2.00 bits per heavy atom. The molecule has 0 unspecified atom stereocenters. The molecule has 1 saturated heterocycles. The molecule has 0 spiro atoms. The molecule has 1 amide bonds. The third-order valence-electron chi connectivity index (χ3n) is 3.52. The fourth-order valence-corrected chi connectivity index (χ4v) is 2.35. The molecule has 1 aliphatic heterocycles. The molecule has 2 rings (SSSR count). The van der Waals surface area contributed by atoms with E-state index in [1.165, 1.54) is 0 Å². The number of rotatable bonds is 6. The summed E-state index contributed by atoms with van der Waals surface area (Å²) in [5.41, 5.74) is 1.11. The number of hydrogen-bond acceptors (Lipinski definition) is 4. The minimum absolute atomic E-state index is 0.144. The minimum atomic E-state index is 0.144. The van der Waals surface area contributed by atoms with Crippen LogP contribution in [0.5, 0.6) is 0 Å². The summed E-state index contributed by atoms with van der Waals surface area (Å²) in [6.07, 6.45) is 2.83. The number of piperazine rings is 1. The molecule has 1 aromatic rings. The number of pyridine rings is 1. The lowest BCUT2D eigenvalue weighted by molar-refractivity contribution is -0.122. The third kappa shape index (κ3) is 4.90. The first-order chi connectivity index (χ1) is 9.78. The van der Waals surface area contributed by atoms with Gasteiger partial charge in [0.25, 0.3) is 0 Å². The number of carbonyl (C=O) groups excluding carboxylic acids is 1. The fourth-order valence-electron chi connectivity index (χ4n) is 2.35. The second-order valence-electron chi connectivity index (χ2n) is 5.22. The number of nitrogens with one attached hydrogen (secondary N) is 1. The van der Waals surface area contributed by atoms with Gasteiger partial charge >= 0.3 is 0 Å². The smallest absolute Gasteiger partial charge is 0.234 e. The third-order valence-corrected chi connectivity index (χ3v) is 3.52. The van der Waals surface area contributed by atoms with Gasteiger partial charge in [-0.2, -0.15) is 0 Å². The Kier molecular flexibility index (Phi) is 5.95. The van der Waals surface area contributed by atoms with E-state index in [4.69, 9.17) is 0 Å². The Bertz CT molecular complexity index is 402. The van der Waals surface area contributed by atoms with Crippen LogP contribution in [0, 0.1) is 0 Å². The fraction of sp³-hybridized carbons (Fsp3) is 0.600. The van der Waals surface area contributed by atoms with Crippen LogP contribution in [0.25, 0.3) is 0 Å². The van der Waals surface area contributed by atoms with Crippen molar-refractivity contribution in [1.82, 2.24) is 20.1 Å². The number of carbonyl (C=O) groups is 1. The summed E-state index contributed by atoms with van der Waals surface area (Å²) < 4.78 is 0. The van der Waals surface area contributed by atoms with E-state index >= 15 is 0 Å². The molecule has 0 atom stereocenters. The number of amides is 1. The van der Waals surface area contributed by atoms with Gasteiger partial charge < -0.3 is 5.32 Å². The maximum absolute atomic E-state index is 11.7. The first-order valence-corrected chi connectivity index (χ1v) is 7.39. The topological polar surface area (TPSA) is 48.5 Å². The van der Waals surface area contributed by atoms with E-state index in [0.717, 1.165) is 51.4 Å². The first-order valence-electron chi connectivity index (χ1n) is 7.39. The van der Waals surface area contributed by atoms with Gasteiger partial charge in [0, 0.05) is 45.5 Å². The molecule has 5 heteroatoms. The zero-order valence-corrected chi connectivity index (χ0v) is 12.2. The van der Waals surface area contributed by atoms with Crippen LogP contribution < -0.4 is 5.32 Å². The Hall–Kier alpha value is -1.46. The molecular formula is C15H24N4O. The molecule has 0 radical (unpaired) electrons. The molecule has 5 nitrogen and oxygen atoms in total. The Morgan fingerprint density at radius 1 is 1.25 bits per heavy atom. The van der Waals surface area contributed by atoms with Gasteiger partial charge in [0.05, 0.1) is 12.2 Å². The summed E-state index contributed by atoms with van der Waals surface area (Å²) in [5.74, 6) is 0.144. The van der Waals surface area contributed by atoms with Crippen LogP contribution in [0.2, 0.25) is 0 Å². The van der Waals surface area contributed by atoms with E-state index < -0.39 is 0 Å². The molecule has 2 heterocycles. The summed E-state index contributed by atoms with van der Waals surface area (Å²) in [6, 6.07) is 6.03. The van der Waals surface area contributed by atoms with Gasteiger partial charge in [-0.15, -0.1) is 0 Å². The normalized spacial score (nSPS) is 17.1. The second-order valence-corrected chi connectivity index (χ2v) is 5.22. The van der Waals surface area contributed by atoms with Crippen molar-refractivity contribution >= 4 is 5.91 Å². The van der Waals surface area contributed by atoms with E-state index in [9.17, 15) is 4.79 Å². The zero-order chi connectivity index (χ0) is 14.2. The van der Waals surface area contributed by atoms with Gasteiger partial charge in [0.2, 0.25) is 5.91 Å². The highest BCUT2D eigenvalue weighted by Crippen LogP contribution is 2.06. The first kappa shape index (κ1) is 14.9. The second kappa shape index (κ2) is 7.97. The van der Waals surface area contributed by atoms with Crippen molar-refractivity contribution in [2.45, 2.75) is 19.9 Å². The van der Waals surface area contributed by atoms with Gasteiger partial charge in [-0.25, -0.2) is 0 Å². The van der Waals surface area contributed by atoms with Crippen LogP contribution >= 0.6 is 0 Å². The SMILES string of the molecule is CCCNC(=O)CN1CCN(Cc2ccccn2)CC1. The Morgan fingerprint density at radius 3 is 2.65 bits per heavy atom. The summed E-state index contributed by atoms with van der Waals surface area (Å²) in [6.45, 7) is 8.16. The van der Waals surface area contributed by atoms with Crippen molar-refractivity contribution in [2.75, 3.05) is 39.3 Å². The molecule has 1 aromatic heterocycles. The maximum atomic E-state index is 11.7. The lowest BCUT2D eigenvalue weighted by atomic mass is 10.2. The number of aromatic nitrogens is 1. The molecule has 0 aliphatic carbocycles. The lowest BCUT2D eigenvalue weighted by Gasteiger charge is -2.34. The van der Waals surface area contributed by atoms with Crippen molar-refractivity contribution in [2.24, 2.45) is 0 Å². The van der Waals surface area contributed by atoms with Crippen LogP contribution in [-0.2, 0) is 11.3 Å². The monoisotopic (exact) mass is 276 g/mol. The predicted octanol–water partition coefficient (Wildman–Crippen LogP) is 0.725. The average Bonchev–Trinajstić information content (AvgIpc) is 2.48. The molecule has 20 heavy (non-hydrogen) atoms. The van der Waals surface area contributed by atoms with Crippen molar-refractivity contribution in [3.8, 4) is 0 Å². The van der Waals surface area contributed by atoms with E-state index in [2.05, 4.69) is 33.1 Å². The highest BCUT2D eigenvalue weighted by molar-refractivity contribution is 5.77. The Balaban J connectivity index is 1.68. The number of hydrogen-bond donors (Lipinski definition) is 1. The average molecular weight is 276 g/mol. The molecule has 0 bridgehead atoms. The van der Waals surface area contributed by atoms with E-state index in [0.29, 0.717) is 6.54 Å². The summed E-state index contributed by atoms with van der Waals surface area (Å²) in [5, 5.41) is 2.93. The van der Waals surface area contributed by atoms with Crippen LogP contribution in [0.1, 0.15) is 19.0 Å². The van der Waals surface area contributed by atoms with Crippen molar-refractivity contribution < 1.29 is 4.79 Å². The van der Waals surface area contributed by atoms with Gasteiger partial charge in [-0.05, 0) is 18.6 Å². The zero-order valence-electron chi connectivity index (χ0n) is 12.2. The van der Waals surface area contributed by atoms with Crippen molar-refractivity contribution in [3.63, 3.8) is 0 Å². The molecule has 1 aliphatic rings. The predicted molar refractivity (Wildman–Crippen MR) is 79.3 cm³/mol. The summed E-state index contributed by atoms with van der Waals surface area (Å²) >= 11 is 0. The maximum Gasteiger partial charge on any atom is 0.234 e. The van der Waals surface area contributed by atoms with Gasteiger partial charge in [-0.1, -0.05) is 13.0 Å².